The average molecular weight is 413 g/mol. The fraction of sp³-hybridized carbons (Fsp3) is 0.222. The van der Waals surface area contributed by atoms with Crippen LogP contribution >= 0.6 is 0 Å². The summed E-state index contributed by atoms with van der Waals surface area (Å²) in [7, 11) is 0. The van der Waals surface area contributed by atoms with E-state index in [-0.39, 0.29) is 23.7 Å². The zero-order chi connectivity index (χ0) is 21.4. The molecule has 0 aromatic heterocycles. The van der Waals surface area contributed by atoms with E-state index in [1.54, 1.807) is 4.90 Å². The van der Waals surface area contributed by atoms with Crippen molar-refractivity contribution >= 4 is 17.3 Å². The van der Waals surface area contributed by atoms with Gasteiger partial charge >= 0.3 is 0 Å². The molecular weight excluding hydrogens is 387 g/mol. The van der Waals surface area contributed by atoms with Gasteiger partial charge in [-0.2, -0.15) is 0 Å². The van der Waals surface area contributed by atoms with Gasteiger partial charge in [-0.05, 0) is 60.7 Å². The molecule has 156 valence electrons. The van der Waals surface area contributed by atoms with Crippen LogP contribution in [0.2, 0.25) is 0 Å². The van der Waals surface area contributed by atoms with E-state index in [0.29, 0.717) is 18.0 Å². The maximum atomic E-state index is 13.6. The van der Waals surface area contributed by atoms with Gasteiger partial charge in [-0.3, -0.25) is 4.79 Å². The van der Waals surface area contributed by atoms with E-state index in [0.717, 1.165) is 28.9 Å². The van der Waals surface area contributed by atoms with E-state index in [2.05, 4.69) is 23.5 Å². The highest BCUT2D eigenvalue weighted by atomic mass is 19.1. The molecule has 2 aliphatic rings. The Labute approximate surface area is 182 Å². The second-order valence-corrected chi connectivity index (χ2v) is 8.18. The lowest BCUT2D eigenvalue weighted by atomic mass is 9.76. The summed E-state index contributed by atoms with van der Waals surface area (Å²) in [5.74, 6) is 0.334. The number of fused-ring (bicyclic) bond motifs is 3. The summed E-state index contributed by atoms with van der Waals surface area (Å²) in [6, 6.07) is 22.5. The minimum atomic E-state index is -0.238. The molecule has 0 spiro atoms. The van der Waals surface area contributed by atoms with Crippen LogP contribution in [0.3, 0.4) is 0 Å². The lowest BCUT2D eigenvalue weighted by Crippen LogP contribution is -2.34. The van der Waals surface area contributed by atoms with Gasteiger partial charge in [0.05, 0.1) is 17.3 Å². The zero-order valence-corrected chi connectivity index (χ0v) is 17.5. The first-order valence-electron chi connectivity index (χ1n) is 10.9. The van der Waals surface area contributed by atoms with Gasteiger partial charge in [0.25, 0.3) is 5.91 Å². The van der Waals surface area contributed by atoms with Crippen LogP contribution < -0.4 is 10.2 Å². The lowest BCUT2D eigenvalue weighted by Gasteiger charge is -2.38. The number of rotatable bonds is 4. The van der Waals surface area contributed by atoms with Gasteiger partial charge in [-0.1, -0.05) is 54.6 Å². The Kier molecular flexibility index (Phi) is 5.06. The molecule has 1 heterocycles. The van der Waals surface area contributed by atoms with Crippen LogP contribution in [-0.2, 0) is 0 Å². The molecule has 4 heteroatoms. The van der Waals surface area contributed by atoms with Crippen molar-refractivity contribution in [2.24, 2.45) is 5.92 Å². The van der Waals surface area contributed by atoms with Crippen molar-refractivity contribution in [1.82, 2.24) is 0 Å². The van der Waals surface area contributed by atoms with E-state index in [9.17, 15) is 9.18 Å². The Morgan fingerprint density at radius 3 is 2.55 bits per heavy atom. The van der Waals surface area contributed by atoms with Gasteiger partial charge in [0, 0.05) is 18.2 Å². The first-order chi connectivity index (χ1) is 15.2. The van der Waals surface area contributed by atoms with Gasteiger partial charge in [-0.15, -0.1) is 0 Å². The number of hydrogen-bond acceptors (Lipinski definition) is 2. The molecule has 0 saturated heterocycles. The Morgan fingerprint density at radius 1 is 1.03 bits per heavy atom. The summed E-state index contributed by atoms with van der Waals surface area (Å²) in [6.45, 7) is 2.57. The van der Waals surface area contributed by atoms with Crippen molar-refractivity contribution in [2.45, 2.75) is 25.3 Å². The molecule has 31 heavy (non-hydrogen) atoms. The molecule has 0 bridgehead atoms. The third kappa shape index (κ3) is 3.42. The number of para-hydroxylation sites is 2. The highest BCUT2D eigenvalue weighted by Crippen LogP contribution is 2.50. The molecule has 3 atom stereocenters. The van der Waals surface area contributed by atoms with Crippen LogP contribution in [0, 0.1) is 11.7 Å². The number of benzene rings is 3. The molecule has 1 N–H and O–H groups in total. The van der Waals surface area contributed by atoms with E-state index in [1.165, 1.54) is 12.1 Å². The number of halogens is 1. The van der Waals surface area contributed by atoms with Crippen molar-refractivity contribution in [1.29, 1.82) is 0 Å². The Bertz CT molecular complexity index is 1120. The van der Waals surface area contributed by atoms with Crippen LogP contribution in [-0.4, -0.2) is 12.5 Å². The largest absolute Gasteiger partial charge is 0.377 e. The molecule has 0 saturated carbocycles. The lowest BCUT2D eigenvalue weighted by molar-refractivity contribution is 0.0988. The van der Waals surface area contributed by atoms with Crippen molar-refractivity contribution in [3.05, 3.63) is 107 Å². The number of allylic oxidation sites excluding steroid dienone is 2. The number of nitrogens with zero attached hydrogens (tertiary/aromatic N) is 1. The minimum absolute atomic E-state index is 0.0173. The Morgan fingerprint density at radius 2 is 1.81 bits per heavy atom. The quantitative estimate of drug-likeness (QED) is 0.509. The zero-order valence-electron chi connectivity index (χ0n) is 17.5. The monoisotopic (exact) mass is 412 g/mol. The summed E-state index contributed by atoms with van der Waals surface area (Å²) in [6.07, 6.45) is 5.44. The summed E-state index contributed by atoms with van der Waals surface area (Å²) in [4.78, 5) is 15.5. The van der Waals surface area contributed by atoms with Crippen molar-refractivity contribution in [2.75, 3.05) is 16.8 Å². The average Bonchev–Trinajstić information content (AvgIpc) is 3.30. The molecule has 3 unspecified atom stereocenters. The smallest absolute Gasteiger partial charge is 0.260 e. The first-order valence-corrected chi connectivity index (χ1v) is 10.9. The summed E-state index contributed by atoms with van der Waals surface area (Å²) in [5, 5.41) is 3.67. The molecule has 1 amide bonds. The predicted octanol–water partition coefficient (Wildman–Crippen LogP) is 6.32. The molecule has 3 aromatic carbocycles. The van der Waals surface area contributed by atoms with E-state index >= 15 is 0 Å². The van der Waals surface area contributed by atoms with Crippen molar-refractivity contribution < 1.29 is 9.18 Å². The molecule has 3 aromatic rings. The predicted molar refractivity (Wildman–Crippen MR) is 123 cm³/mol. The number of anilines is 2. The van der Waals surface area contributed by atoms with Gasteiger partial charge in [0.2, 0.25) is 0 Å². The molecule has 1 aliphatic carbocycles. The number of carbonyl (C=O) groups excluding carboxylic acids is 1. The Balaban J connectivity index is 1.57. The second kappa shape index (κ2) is 8.03. The van der Waals surface area contributed by atoms with E-state index < -0.39 is 0 Å². The van der Waals surface area contributed by atoms with E-state index in [4.69, 9.17) is 0 Å². The highest BCUT2D eigenvalue weighted by molar-refractivity contribution is 6.10. The van der Waals surface area contributed by atoms with Crippen LogP contribution in [0.1, 0.15) is 46.8 Å². The molecular formula is C27H25FN2O. The maximum Gasteiger partial charge on any atom is 0.260 e. The number of hydrogen-bond donors (Lipinski definition) is 1. The van der Waals surface area contributed by atoms with Gasteiger partial charge in [0.15, 0.2) is 0 Å². The summed E-state index contributed by atoms with van der Waals surface area (Å²) < 4.78 is 13.5. The maximum absolute atomic E-state index is 13.6. The molecule has 1 aliphatic heterocycles. The van der Waals surface area contributed by atoms with Gasteiger partial charge in [0.1, 0.15) is 5.82 Å². The minimum Gasteiger partial charge on any atom is -0.377 e. The van der Waals surface area contributed by atoms with Crippen LogP contribution in [0.5, 0.6) is 0 Å². The molecule has 3 nitrogen and oxygen atoms in total. The first kappa shape index (κ1) is 19.6. The normalized spacial score (nSPS) is 21.2. The third-order valence-corrected chi connectivity index (χ3v) is 6.49. The SMILES string of the molecule is CCN(C(=O)c1cccc2c1NC(c1ccc(F)cc1)C1CC=CC21)c1ccccc1. The third-order valence-electron chi connectivity index (χ3n) is 6.49. The van der Waals surface area contributed by atoms with Crippen molar-refractivity contribution in [3.63, 3.8) is 0 Å². The number of carbonyl (C=O) groups is 1. The highest BCUT2D eigenvalue weighted by Gasteiger charge is 2.39. The number of amides is 1. The van der Waals surface area contributed by atoms with Gasteiger partial charge < -0.3 is 10.2 Å². The number of nitrogens with one attached hydrogen (secondary N) is 1. The Hall–Kier alpha value is -3.40. The van der Waals surface area contributed by atoms with E-state index in [1.807, 2.05) is 61.5 Å². The molecule has 0 radical (unpaired) electrons. The molecule has 0 fully saturated rings. The van der Waals surface area contributed by atoms with Crippen molar-refractivity contribution in [3.8, 4) is 0 Å². The fourth-order valence-electron chi connectivity index (χ4n) is 5.00. The summed E-state index contributed by atoms with van der Waals surface area (Å²) >= 11 is 0. The molecule has 5 rings (SSSR count). The second-order valence-electron chi connectivity index (χ2n) is 8.18. The van der Waals surface area contributed by atoms with Crippen LogP contribution in [0.15, 0.2) is 84.9 Å². The van der Waals surface area contributed by atoms with Crippen LogP contribution in [0.25, 0.3) is 0 Å². The summed E-state index contributed by atoms with van der Waals surface area (Å²) in [5.41, 5.74) is 4.66. The topological polar surface area (TPSA) is 32.3 Å². The van der Waals surface area contributed by atoms with Crippen LogP contribution in [0.4, 0.5) is 15.8 Å². The van der Waals surface area contributed by atoms with Gasteiger partial charge in [-0.25, -0.2) is 4.39 Å². The standard InChI is InChI=1S/C27H25FN2O/c1-2-30(20-8-4-3-5-9-20)27(31)24-13-7-12-23-21-10-6-11-22(21)25(29-26(23)24)18-14-16-19(28)17-15-18/h3-10,12-17,21-22,25,29H,2,11H2,1H3. The fourth-order valence-corrected chi connectivity index (χ4v) is 5.00.